The highest BCUT2D eigenvalue weighted by atomic mass is 16.3. The number of hydrogen-bond acceptors (Lipinski definition) is 5. The van der Waals surface area contributed by atoms with Crippen LogP contribution in [0, 0.1) is 0 Å². The Hall–Kier alpha value is -3.57. The first-order valence-corrected chi connectivity index (χ1v) is 11.5. The van der Waals surface area contributed by atoms with Crippen LogP contribution in [0.4, 0.5) is 0 Å². The van der Waals surface area contributed by atoms with Crippen LogP contribution in [0.2, 0.25) is 0 Å². The van der Waals surface area contributed by atoms with Crippen LogP contribution in [-0.4, -0.2) is 38.8 Å². The number of pyridine rings is 2. The van der Waals surface area contributed by atoms with E-state index >= 15 is 0 Å². The molecule has 0 bridgehead atoms. The summed E-state index contributed by atoms with van der Waals surface area (Å²) in [6, 6.07) is 20.0. The van der Waals surface area contributed by atoms with Gasteiger partial charge in [-0.15, -0.1) is 0 Å². The van der Waals surface area contributed by atoms with E-state index in [1.54, 1.807) is 18.5 Å². The van der Waals surface area contributed by atoms with Gasteiger partial charge in [0.05, 0.1) is 0 Å². The molecule has 1 aliphatic rings. The van der Waals surface area contributed by atoms with E-state index in [2.05, 4.69) is 33.1 Å². The van der Waals surface area contributed by atoms with E-state index in [1.165, 1.54) is 24.8 Å². The number of fused-ring (bicyclic) bond motifs is 1. The third-order valence-electron chi connectivity index (χ3n) is 6.26. The maximum absolute atomic E-state index is 13.5. The third kappa shape index (κ3) is 4.78. The van der Waals surface area contributed by atoms with Crippen molar-refractivity contribution in [1.29, 1.82) is 0 Å². The van der Waals surface area contributed by atoms with Crippen molar-refractivity contribution >= 4 is 16.7 Å². The highest BCUT2D eigenvalue weighted by molar-refractivity contribution is 6.11. The van der Waals surface area contributed by atoms with E-state index in [1.807, 2.05) is 36.4 Å². The van der Waals surface area contributed by atoms with E-state index in [0.717, 1.165) is 37.2 Å². The van der Waals surface area contributed by atoms with Crippen molar-refractivity contribution in [2.24, 2.45) is 0 Å². The van der Waals surface area contributed by atoms with Gasteiger partial charge < -0.3 is 5.11 Å². The molecule has 1 fully saturated rings. The third-order valence-corrected chi connectivity index (χ3v) is 6.26. The van der Waals surface area contributed by atoms with Gasteiger partial charge in [-0.05, 0) is 73.3 Å². The molecule has 0 unspecified atom stereocenters. The molecule has 1 saturated heterocycles. The van der Waals surface area contributed by atoms with Crippen molar-refractivity contribution < 1.29 is 9.90 Å². The first kappa shape index (κ1) is 21.3. The van der Waals surface area contributed by atoms with Crippen LogP contribution in [0.1, 0.15) is 52.0 Å². The number of rotatable bonds is 6. The lowest BCUT2D eigenvalue weighted by Crippen LogP contribution is -2.29. The molecule has 2 aromatic carbocycles. The van der Waals surface area contributed by atoms with Gasteiger partial charge in [-0.25, -0.2) is 4.98 Å². The summed E-state index contributed by atoms with van der Waals surface area (Å²) in [4.78, 5) is 24.5. The molecular formula is C28H27N3O2. The van der Waals surface area contributed by atoms with Crippen molar-refractivity contribution in [1.82, 2.24) is 14.9 Å². The van der Waals surface area contributed by atoms with Gasteiger partial charge in [0.15, 0.2) is 11.4 Å². The van der Waals surface area contributed by atoms with E-state index in [0.29, 0.717) is 16.5 Å². The normalized spacial score (nSPS) is 14.4. The summed E-state index contributed by atoms with van der Waals surface area (Å²) in [5, 5.41) is 11.5. The van der Waals surface area contributed by atoms with E-state index < -0.39 is 0 Å². The first-order chi connectivity index (χ1) is 16.2. The van der Waals surface area contributed by atoms with Crippen LogP contribution in [0.15, 0.2) is 73.1 Å². The largest absolute Gasteiger partial charge is 0.504 e. The fourth-order valence-electron chi connectivity index (χ4n) is 4.62. The second-order valence-electron chi connectivity index (χ2n) is 8.76. The fraction of sp³-hybridized carbons (Fsp3) is 0.250. The Balaban J connectivity index is 1.52. The molecule has 0 amide bonds. The highest BCUT2D eigenvalue weighted by Gasteiger charge is 2.20. The molecule has 4 aromatic rings. The monoisotopic (exact) mass is 437 g/mol. The molecule has 1 N–H and O–H groups in total. The zero-order chi connectivity index (χ0) is 22.6. The maximum atomic E-state index is 13.5. The average molecular weight is 438 g/mol. The minimum absolute atomic E-state index is 0.0435. The number of carbonyl (C=O) groups is 1. The SMILES string of the molecule is O=C(c1cc(Cc2ccccc2)cc(CN2CCCCC2)c1)c1ncc2cccnc2c1O. The number of ketones is 1. The van der Waals surface area contributed by atoms with Gasteiger partial charge in [0.1, 0.15) is 5.52 Å². The summed E-state index contributed by atoms with van der Waals surface area (Å²) in [6.45, 7) is 3.00. The molecule has 1 aliphatic heterocycles. The van der Waals surface area contributed by atoms with E-state index in [9.17, 15) is 9.90 Å². The lowest BCUT2D eigenvalue weighted by Gasteiger charge is -2.26. The van der Waals surface area contributed by atoms with Gasteiger partial charge in [0.2, 0.25) is 5.78 Å². The Labute approximate surface area is 193 Å². The summed E-state index contributed by atoms with van der Waals surface area (Å²) in [5.74, 6) is -0.445. The van der Waals surface area contributed by atoms with Gasteiger partial charge >= 0.3 is 0 Å². The molecule has 166 valence electrons. The van der Waals surface area contributed by atoms with E-state index in [4.69, 9.17) is 0 Å². The number of carbonyl (C=O) groups excluding carboxylic acids is 1. The summed E-state index contributed by atoms with van der Waals surface area (Å²) >= 11 is 0. The van der Waals surface area contributed by atoms with Crippen molar-refractivity contribution in [2.45, 2.75) is 32.2 Å². The molecule has 33 heavy (non-hydrogen) atoms. The molecule has 0 atom stereocenters. The number of likely N-dealkylation sites (tertiary alicyclic amines) is 1. The maximum Gasteiger partial charge on any atom is 0.215 e. The molecule has 0 aliphatic carbocycles. The molecule has 5 nitrogen and oxygen atoms in total. The number of aromatic nitrogens is 2. The highest BCUT2D eigenvalue weighted by Crippen LogP contribution is 2.28. The lowest BCUT2D eigenvalue weighted by atomic mass is 9.96. The Kier molecular flexibility index (Phi) is 6.13. The Morgan fingerprint density at radius 3 is 2.48 bits per heavy atom. The van der Waals surface area contributed by atoms with Gasteiger partial charge in [-0.1, -0.05) is 42.8 Å². The minimum Gasteiger partial charge on any atom is -0.504 e. The standard InChI is InChI=1S/C28H27N3O2/c32-27(26-28(33)25-23(18-30-26)10-7-11-29-25)24-16-21(14-20-8-3-1-4-9-20)15-22(17-24)19-31-12-5-2-6-13-31/h1,3-4,7-11,15-18,33H,2,5-6,12-14,19H2. The second-order valence-corrected chi connectivity index (χ2v) is 8.76. The topological polar surface area (TPSA) is 66.3 Å². The fourth-order valence-corrected chi connectivity index (χ4v) is 4.62. The van der Waals surface area contributed by atoms with Crippen molar-refractivity contribution in [2.75, 3.05) is 13.1 Å². The zero-order valence-electron chi connectivity index (χ0n) is 18.6. The molecule has 3 heterocycles. The molecule has 5 rings (SSSR count). The average Bonchev–Trinajstić information content (AvgIpc) is 2.85. The van der Waals surface area contributed by atoms with Crippen LogP contribution in [0.5, 0.6) is 5.75 Å². The minimum atomic E-state index is -0.283. The number of benzene rings is 2. The second kappa shape index (κ2) is 9.51. The Bertz CT molecular complexity index is 1280. The lowest BCUT2D eigenvalue weighted by molar-refractivity contribution is 0.103. The van der Waals surface area contributed by atoms with E-state index in [-0.39, 0.29) is 17.2 Å². The summed E-state index contributed by atoms with van der Waals surface area (Å²) in [7, 11) is 0. The Morgan fingerprint density at radius 1 is 0.879 bits per heavy atom. The molecule has 5 heteroatoms. The zero-order valence-corrected chi connectivity index (χ0v) is 18.6. The molecular weight excluding hydrogens is 410 g/mol. The van der Waals surface area contributed by atoms with Crippen molar-refractivity contribution in [3.8, 4) is 5.75 Å². The summed E-state index contributed by atoms with van der Waals surface area (Å²) in [6.07, 6.45) is 7.67. The van der Waals surface area contributed by atoms with Crippen LogP contribution in [0.3, 0.4) is 0 Å². The number of aromatic hydroxyl groups is 1. The number of nitrogens with zero attached hydrogens (tertiary/aromatic N) is 3. The van der Waals surface area contributed by atoms with Gasteiger partial charge in [-0.3, -0.25) is 14.7 Å². The Morgan fingerprint density at radius 2 is 1.67 bits per heavy atom. The van der Waals surface area contributed by atoms with Crippen LogP contribution < -0.4 is 0 Å². The van der Waals surface area contributed by atoms with Crippen LogP contribution in [0.25, 0.3) is 10.9 Å². The number of hydrogen-bond donors (Lipinski definition) is 1. The van der Waals surface area contributed by atoms with Gasteiger partial charge in [0, 0.05) is 29.9 Å². The summed E-state index contributed by atoms with van der Waals surface area (Å²) in [5.41, 5.74) is 4.38. The smallest absolute Gasteiger partial charge is 0.215 e. The molecule has 0 radical (unpaired) electrons. The van der Waals surface area contributed by atoms with Crippen LogP contribution in [-0.2, 0) is 13.0 Å². The predicted octanol–water partition coefficient (Wildman–Crippen LogP) is 5.14. The number of piperidine rings is 1. The van der Waals surface area contributed by atoms with Gasteiger partial charge in [-0.2, -0.15) is 0 Å². The van der Waals surface area contributed by atoms with Gasteiger partial charge in [0.25, 0.3) is 0 Å². The first-order valence-electron chi connectivity index (χ1n) is 11.5. The predicted molar refractivity (Wildman–Crippen MR) is 129 cm³/mol. The van der Waals surface area contributed by atoms with Crippen molar-refractivity contribution in [3.05, 3.63) is 101 Å². The molecule has 0 spiro atoms. The van der Waals surface area contributed by atoms with Crippen molar-refractivity contribution in [3.63, 3.8) is 0 Å². The molecule has 0 saturated carbocycles. The summed E-state index contributed by atoms with van der Waals surface area (Å²) < 4.78 is 0. The quantitative estimate of drug-likeness (QED) is 0.423. The molecule has 2 aromatic heterocycles. The van der Waals surface area contributed by atoms with Crippen LogP contribution >= 0.6 is 0 Å².